The molecule has 1 heterocycles. The van der Waals surface area contributed by atoms with Gasteiger partial charge in [-0.2, -0.15) is 0 Å². The molecule has 1 atom stereocenters. The number of furan rings is 1. The minimum absolute atomic E-state index is 0.0223. The van der Waals surface area contributed by atoms with E-state index in [1.165, 1.54) is 31.2 Å². The summed E-state index contributed by atoms with van der Waals surface area (Å²) >= 11 is 0. The predicted molar refractivity (Wildman–Crippen MR) is 92.8 cm³/mol. The highest BCUT2D eigenvalue weighted by molar-refractivity contribution is 5.99. The minimum Gasteiger partial charge on any atom is -0.449 e. The lowest BCUT2D eigenvalue weighted by Crippen LogP contribution is -2.30. The summed E-state index contributed by atoms with van der Waals surface area (Å²) in [6.07, 6.45) is -1.17. The SMILES string of the molecule is C[C@@H](OC(=O)c1cc2ccccc2o1)C(=O)Nc1ccccc1[N+](=O)[O-]. The summed E-state index contributed by atoms with van der Waals surface area (Å²) in [5.41, 5.74) is 0.294. The largest absolute Gasteiger partial charge is 0.449 e. The van der Waals surface area contributed by atoms with E-state index in [0.29, 0.717) is 5.58 Å². The maximum Gasteiger partial charge on any atom is 0.375 e. The average molecular weight is 354 g/mol. The van der Waals surface area contributed by atoms with Crippen molar-refractivity contribution in [1.29, 1.82) is 0 Å². The van der Waals surface area contributed by atoms with E-state index in [-0.39, 0.29) is 17.1 Å². The summed E-state index contributed by atoms with van der Waals surface area (Å²) in [5.74, 6) is -1.52. The third kappa shape index (κ3) is 3.54. The van der Waals surface area contributed by atoms with Gasteiger partial charge in [-0.3, -0.25) is 14.9 Å². The summed E-state index contributed by atoms with van der Waals surface area (Å²) < 4.78 is 10.5. The molecule has 0 aliphatic rings. The second-order valence-corrected chi connectivity index (χ2v) is 5.46. The van der Waals surface area contributed by atoms with E-state index in [1.807, 2.05) is 0 Å². The van der Waals surface area contributed by atoms with Gasteiger partial charge in [0.15, 0.2) is 6.10 Å². The second kappa shape index (κ2) is 7.06. The molecule has 0 saturated carbocycles. The molecule has 0 saturated heterocycles. The Morgan fingerprint density at radius 2 is 1.85 bits per heavy atom. The van der Waals surface area contributed by atoms with Crippen LogP contribution in [0.25, 0.3) is 11.0 Å². The van der Waals surface area contributed by atoms with Gasteiger partial charge >= 0.3 is 5.97 Å². The zero-order valence-corrected chi connectivity index (χ0v) is 13.7. The van der Waals surface area contributed by atoms with Gasteiger partial charge in [-0.05, 0) is 25.1 Å². The lowest BCUT2D eigenvalue weighted by Gasteiger charge is -2.12. The fraction of sp³-hybridized carbons (Fsp3) is 0.111. The fourth-order valence-electron chi connectivity index (χ4n) is 2.33. The molecule has 26 heavy (non-hydrogen) atoms. The van der Waals surface area contributed by atoms with Crippen molar-refractivity contribution >= 4 is 34.2 Å². The lowest BCUT2D eigenvalue weighted by molar-refractivity contribution is -0.383. The lowest BCUT2D eigenvalue weighted by atomic mass is 10.2. The maximum atomic E-state index is 12.2. The zero-order chi connectivity index (χ0) is 18.7. The van der Waals surface area contributed by atoms with Crippen molar-refractivity contribution in [2.75, 3.05) is 5.32 Å². The van der Waals surface area contributed by atoms with E-state index in [0.717, 1.165) is 5.39 Å². The van der Waals surface area contributed by atoms with Crippen molar-refractivity contribution in [3.8, 4) is 0 Å². The van der Waals surface area contributed by atoms with Gasteiger partial charge in [0.25, 0.3) is 11.6 Å². The van der Waals surface area contributed by atoms with Crippen molar-refractivity contribution in [1.82, 2.24) is 0 Å². The van der Waals surface area contributed by atoms with Gasteiger partial charge in [-0.15, -0.1) is 0 Å². The molecule has 3 aromatic rings. The number of nitro benzene ring substituents is 1. The van der Waals surface area contributed by atoms with Crippen LogP contribution in [0.2, 0.25) is 0 Å². The molecule has 0 bridgehead atoms. The average Bonchev–Trinajstić information content (AvgIpc) is 3.06. The molecule has 0 unspecified atom stereocenters. The van der Waals surface area contributed by atoms with E-state index in [4.69, 9.17) is 9.15 Å². The Hall–Kier alpha value is -3.68. The third-order valence-corrected chi connectivity index (χ3v) is 3.64. The highest BCUT2D eigenvalue weighted by atomic mass is 16.6. The van der Waals surface area contributed by atoms with Crippen LogP contribution in [0, 0.1) is 10.1 Å². The number of nitrogens with zero attached hydrogens (tertiary/aromatic N) is 1. The number of hydrogen-bond acceptors (Lipinski definition) is 6. The molecule has 0 aliphatic heterocycles. The standard InChI is InChI=1S/C18H14N2O6/c1-11(17(21)19-13-7-3-4-8-14(13)20(23)24)25-18(22)16-10-12-6-2-5-9-15(12)26-16/h2-11H,1H3,(H,19,21)/t11-/m1/s1. The van der Waals surface area contributed by atoms with E-state index < -0.39 is 22.9 Å². The summed E-state index contributed by atoms with van der Waals surface area (Å²) in [7, 11) is 0. The van der Waals surface area contributed by atoms with Gasteiger partial charge in [0.05, 0.1) is 4.92 Å². The van der Waals surface area contributed by atoms with Crippen molar-refractivity contribution in [2.45, 2.75) is 13.0 Å². The monoisotopic (exact) mass is 354 g/mol. The molecule has 0 fully saturated rings. The molecule has 0 aliphatic carbocycles. The number of hydrogen-bond donors (Lipinski definition) is 1. The van der Waals surface area contributed by atoms with Gasteiger partial charge in [0.2, 0.25) is 5.76 Å². The van der Waals surface area contributed by atoms with Crippen LogP contribution in [0.4, 0.5) is 11.4 Å². The normalized spacial score (nSPS) is 11.7. The Bertz CT molecular complexity index is 961. The maximum absolute atomic E-state index is 12.2. The molecular formula is C18H14N2O6. The number of esters is 1. The first-order chi connectivity index (χ1) is 12.5. The first kappa shape index (κ1) is 17.2. The van der Waals surface area contributed by atoms with Gasteiger partial charge in [0.1, 0.15) is 11.3 Å². The van der Waals surface area contributed by atoms with E-state index >= 15 is 0 Å². The number of anilines is 1. The summed E-state index contributed by atoms with van der Waals surface area (Å²) in [6, 6.07) is 14.3. The topological polar surface area (TPSA) is 112 Å². The summed E-state index contributed by atoms with van der Waals surface area (Å²) in [5, 5.41) is 14.1. The fourth-order valence-corrected chi connectivity index (χ4v) is 2.33. The first-order valence-corrected chi connectivity index (χ1v) is 7.69. The Morgan fingerprint density at radius 1 is 1.15 bits per heavy atom. The Labute approximate surface area is 147 Å². The number of benzene rings is 2. The second-order valence-electron chi connectivity index (χ2n) is 5.46. The zero-order valence-electron chi connectivity index (χ0n) is 13.7. The van der Waals surface area contributed by atoms with Gasteiger partial charge in [0, 0.05) is 11.5 Å². The molecule has 2 aromatic carbocycles. The molecule has 0 radical (unpaired) electrons. The minimum atomic E-state index is -1.17. The number of carbonyl (C=O) groups is 2. The van der Waals surface area contributed by atoms with Crippen molar-refractivity contribution in [3.05, 3.63) is 70.5 Å². The molecule has 0 spiro atoms. The highest BCUT2D eigenvalue weighted by Gasteiger charge is 2.23. The number of nitrogens with one attached hydrogen (secondary N) is 1. The van der Waals surface area contributed by atoms with E-state index in [9.17, 15) is 19.7 Å². The number of ether oxygens (including phenoxy) is 1. The Kier molecular flexibility index (Phi) is 4.66. The van der Waals surface area contributed by atoms with Crippen molar-refractivity contribution in [2.24, 2.45) is 0 Å². The van der Waals surface area contributed by atoms with Gasteiger partial charge < -0.3 is 14.5 Å². The van der Waals surface area contributed by atoms with Crippen molar-refractivity contribution in [3.63, 3.8) is 0 Å². The molecular weight excluding hydrogens is 340 g/mol. The third-order valence-electron chi connectivity index (χ3n) is 3.64. The summed E-state index contributed by atoms with van der Waals surface area (Å²) in [4.78, 5) is 34.7. The molecule has 8 nitrogen and oxygen atoms in total. The molecule has 1 aromatic heterocycles. The quantitative estimate of drug-likeness (QED) is 0.426. The smallest absolute Gasteiger partial charge is 0.375 e. The van der Waals surface area contributed by atoms with Gasteiger partial charge in [-0.1, -0.05) is 30.3 Å². The van der Waals surface area contributed by atoms with Crippen LogP contribution in [-0.2, 0) is 9.53 Å². The van der Waals surface area contributed by atoms with Crippen molar-refractivity contribution < 1.29 is 23.7 Å². The van der Waals surface area contributed by atoms with Crippen LogP contribution in [0.1, 0.15) is 17.5 Å². The molecule has 8 heteroatoms. The van der Waals surface area contributed by atoms with Gasteiger partial charge in [-0.25, -0.2) is 4.79 Å². The van der Waals surface area contributed by atoms with E-state index in [2.05, 4.69) is 5.32 Å². The number of para-hydroxylation sites is 3. The first-order valence-electron chi connectivity index (χ1n) is 7.69. The van der Waals surface area contributed by atoms with E-state index in [1.54, 1.807) is 30.3 Å². The number of carbonyl (C=O) groups excluding carboxylic acids is 2. The highest BCUT2D eigenvalue weighted by Crippen LogP contribution is 2.24. The summed E-state index contributed by atoms with van der Waals surface area (Å²) in [6.45, 7) is 1.37. The molecule has 1 N–H and O–H groups in total. The van der Waals surface area contributed by atoms with Crippen LogP contribution in [0.15, 0.2) is 59.0 Å². The van der Waals surface area contributed by atoms with Crippen LogP contribution >= 0.6 is 0 Å². The van der Waals surface area contributed by atoms with Crippen LogP contribution < -0.4 is 5.32 Å². The Balaban J connectivity index is 1.69. The van der Waals surface area contributed by atoms with Crippen LogP contribution in [0.5, 0.6) is 0 Å². The Morgan fingerprint density at radius 3 is 2.58 bits per heavy atom. The van der Waals surface area contributed by atoms with Crippen LogP contribution in [-0.4, -0.2) is 22.9 Å². The molecule has 132 valence electrons. The predicted octanol–water partition coefficient (Wildman–Crippen LogP) is 3.53. The number of nitro groups is 1. The number of fused-ring (bicyclic) bond motifs is 1. The molecule has 1 amide bonds. The number of rotatable bonds is 5. The number of amides is 1. The molecule has 3 rings (SSSR count). The van der Waals surface area contributed by atoms with Crippen LogP contribution in [0.3, 0.4) is 0 Å².